The molecule has 0 aliphatic carbocycles. The molecule has 4 aromatic rings. The monoisotopic (exact) mass is 997 g/mol. The van der Waals surface area contributed by atoms with Gasteiger partial charge in [0.05, 0.1) is 0 Å². The summed E-state index contributed by atoms with van der Waals surface area (Å²) in [5, 5.41) is 5.83. The molecule has 0 aliphatic rings. The molecule has 0 heterocycles. The van der Waals surface area contributed by atoms with Crippen LogP contribution < -0.4 is 21.2 Å². The van der Waals surface area contributed by atoms with Crippen LogP contribution in [0.1, 0.15) is 6.92 Å². The van der Waals surface area contributed by atoms with Crippen molar-refractivity contribution in [3.63, 3.8) is 0 Å². The van der Waals surface area contributed by atoms with Crippen molar-refractivity contribution in [1.29, 1.82) is 0 Å². The molecule has 0 bridgehead atoms. The molecule has 0 radical (unpaired) electrons. The van der Waals surface area contributed by atoms with Crippen LogP contribution in [0.5, 0.6) is 0 Å². The van der Waals surface area contributed by atoms with Gasteiger partial charge >= 0.3 is 54.3 Å². The molecule has 0 N–H and O–H groups in total. The quantitative estimate of drug-likeness (QED) is 0.0542. The van der Waals surface area contributed by atoms with Crippen molar-refractivity contribution in [3.8, 4) is 0 Å². The molecule has 0 spiro atoms. The summed E-state index contributed by atoms with van der Waals surface area (Å²) < 4.78 is 54.6. The zero-order valence-electron chi connectivity index (χ0n) is 33.7. The Hall–Kier alpha value is -1.41. The summed E-state index contributed by atoms with van der Waals surface area (Å²) in [4.78, 5) is 0. The maximum Gasteiger partial charge on any atom is 0.00405 e. The predicted molar refractivity (Wildman–Crippen MR) is 229 cm³/mol. The Morgan fingerprint density at radius 2 is 0.643 bits per heavy atom. The Balaban J connectivity index is -0.000000415. The van der Waals surface area contributed by atoms with Crippen molar-refractivity contribution < 1.29 is 72.9 Å². The van der Waals surface area contributed by atoms with E-state index in [-0.39, 0.29) is 37.5 Å². The van der Waals surface area contributed by atoms with E-state index in [4.69, 9.17) is 35.4 Å². The molecule has 16 heteroatoms. The van der Waals surface area contributed by atoms with E-state index in [0.29, 0.717) is 0 Å². The van der Waals surface area contributed by atoms with Crippen molar-refractivity contribution in [3.05, 3.63) is 155 Å². The van der Waals surface area contributed by atoms with Crippen molar-refractivity contribution in [2.75, 3.05) is 5.90 Å². The van der Waals surface area contributed by atoms with Crippen molar-refractivity contribution >= 4 is 71.1 Å². The second-order valence-electron chi connectivity index (χ2n) is 13.8. The average Bonchev–Trinajstić information content (AvgIpc) is 3.15. The number of hydrogen-bond donors (Lipinski definition) is 0. The number of rotatable bonds is 14. The fourth-order valence-corrected chi connectivity index (χ4v) is 22.6. The molecule has 0 aromatic heterocycles. The Morgan fingerprint density at radius 1 is 0.446 bits per heavy atom. The summed E-state index contributed by atoms with van der Waals surface area (Å²) in [6, 6.07) is 44.1. The molecule has 0 saturated carbocycles. The standard InChI is InChI=1S/C25H22P2.C11H31O4Si4.4CO.Fe.Pd/c1-5-13-22(14-6-1)26(23-15-7-2-8-16-23)21-27(24-17-9-3-10-18-24)25-19-11-4-12-20-25;1-11-12-19(13-16(2,3)4,14-17(5,6)7)15-18(8,9)10;4*1-2;;/h1-20H,21H2;11H,1-10H3;;;;;;/q;-1;;;;;;. The Bertz CT molecular complexity index is 1400. The first kappa shape index (κ1) is 61.3. The summed E-state index contributed by atoms with van der Waals surface area (Å²) in [6.07, 6.45) is 0. The predicted octanol–water partition coefficient (Wildman–Crippen LogP) is 9.23. The van der Waals surface area contributed by atoms with Crippen LogP contribution in [0, 0.1) is 33.2 Å². The summed E-state index contributed by atoms with van der Waals surface area (Å²) >= 11 is 0. The van der Waals surface area contributed by atoms with Gasteiger partial charge in [0, 0.05) is 43.4 Å². The van der Waals surface area contributed by atoms with Gasteiger partial charge in [-0.3, -0.25) is 0 Å². The van der Waals surface area contributed by atoms with Gasteiger partial charge in [-0.15, -0.1) is 0 Å². The van der Waals surface area contributed by atoms with Crippen molar-refractivity contribution in [2.24, 2.45) is 0 Å². The van der Waals surface area contributed by atoms with Crippen molar-refractivity contribution in [1.82, 2.24) is 0 Å². The van der Waals surface area contributed by atoms with Crippen LogP contribution in [0.3, 0.4) is 0 Å². The van der Waals surface area contributed by atoms with Crippen LogP contribution in [0.15, 0.2) is 121 Å². The van der Waals surface area contributed by atoms with Gasteiger partial charge in [-0.1, -0.05) is 121 Å². The first-order valence-corrected chi connectivity index (χ1v) is 31.6. The minimum atomic E-state index is -3.07. The Kier molecular flexibility index (Phi) is 36.6. The molecule has 0 aliphatic heterocycles. The SMILES string of the molecule is C[CH-]O[Si](O[Si](C)(C)C)(O[Si](C)(C)C)O[Si](C)(C)C.[C-]#[O+].[C-]#[O+].[C-]#[O+].[C-]#[O+].[Fe].[Pd].c1ccc(P(CP(c2ccccc2)c2ccccc2)c2ccccc2)cc1. The van der Waals surface area contributed by atoms with Gasteiger partial charge in [0.2, 0.25) is 0 Å². The van der Waals surface area contributed by atoms with E-state index in [1.807, 2.05) is 6.92 Å². The molecule has 0 atom stereocenters. The molecule has 306 valence electrons. The molecule has 8 nitrogen and oxygen atoms in total. The van der Waals surface area contributed by atoms with E-state index in [1.54, 1.807) is 6.61 Å². The van der Waals surface area contributed by atoms with Gasteiger partial charge in [0.1, 0.15) is 0 Å². The third-order valence-corrected chi connectivity index (χ3v) is 22.9. The van der Waals surface area contributed by atoms with E-state index < -0.39 is 49.8 Å². The average molecular weight is 998 g/mol. The molecule has 4 aromatic carbocycles. The smallest absolute Gasteiger partial charge is 0.00405 e. The Labute approximate surface area is 367 Å². The van der Waals surface area contributed by atoms with E-state index >= 15 is 0 Å². The topological polar surface area (TPSA) is 117 Å². The number of hydrogen-bond acceptors (Lipinski definition) is 4. The number of benzene rings is 4. The van der Waals surface area contributed by atoms with Gasteiger partial charge in [-0.25, -0.2) is 6.61 Å². The molecular weight excluding hydrogens is 945 g/mol. The molecule has 0 saturated heterocycles. The van der Waals surface area contributed by atoms with Gasteiger partial charge in [-0.2, -0.15) is 6.92 Å². The van der Waals surface area contributed by atoms with Crippen LogP contribution in [-0.4, -0.2) is 39.9 Å². The van der Waals surface area contributed by atoms with Gasteiger partial charge in [0.15, 0.2) is 25.0 Å². The van der Waals surface area contributed by atoms with Crippen LogP contribution >= 0.6 is 15.8 Å². The van der Waals surface area contributed by atoms with E-state index in [0.717, 1.165) is 0 Å². The van der Waals surface area contributed by atoms with Crippen LogP contribution in [0.25, 0.3) is 0 Å². The fraction of sp³-hybridized carbons (Fsp3) is 0.275. The van der Waals surface area contributed by atoms with Crippen LogP contribution in [-0.2, 0) is 72.9 Å². The van der Waals surface area contributed by atoms with Gasteiger partial charge in [0.25, 0.3) is 0 Å². The summed E-state index contributed by atoms with van der Waals surface area (Å²) in [5.41, 5.74) is 0. The van der Waals surface area contributed by atoms with E-state index in [1.165, 1.54) is 27.1 Å². The van der Waals surface area contributed by atoms with E-state index in [2.05, 4.69) is 207 Å². The second kappa shape index (κ2) is 33.4. The van der Waals surface area contributed by atoms with Gasteiger partial charge < -0.3 is 16.8 Å². The zero-order valence-corrected chi connectivity index (χ0v) is 42.1. The summed E-state index contributed by atoms with van der Waals surface area (Å²) in [7, 11) is -9.34. The Morgan fingerprint density at radius 3 is 0.804 bits per heavy atom. The molecule has 0 amide bonds. The van der Waals surface area contributed by atoms with Gasteiger partial charge in [-0.05, 0) is 96.0 Å². The first-order chi connectivity index (χ1) is 25.6. The van der Waals surface area contributed by atoms with Crippen LogP contribution in [0.2, 0.25) is 58.9 Å². The normalized spacial score (nSPS) is 10.5. The second-order valence-corrected chi connectivity index (χ2v) is 35.1. The molecular formula is C40H53FeO8P2PdSi4-. The summed E-state index contributed by atoms with van der Waals surface area (Å²) in [5.74, 6) is 1.17. The molecule has 56 heavy (non-hydrogen) atoms. The van der Waals surface area contributed by atoms with E-state index in [9.17, 15) is 0 Å². The third-order valence-electron chi connectivity index (χ3n) is 6.11. The maximum absolute atomic E-state index is 7.50. The first-order valence-electron chi connectivity index (χ1n) is 16.7. The summed E-state index contributed by atoms with van der Waals surface area (Å²) in [6.45, 7) is 40.7. The fourth-order valence-electron chi connectivity index (χ4n) is 4.60. The molecule has 0 fully saturated rings. The van der Waals surface area contributed by atoms with Crippen molar-refractivity contribution in [2.45, 2.75) is 65.8 Å². The minimum Gasteiger partial charge on any atom is -0.0622 e. The molecule has 0 unspecified atom stereocenters. The molecule has 4 rings (SSSR count). The zero-order chi connectivity index (χ0) is 41.8. The van der Waals surface area contributed by atoms with Crippen LogP contribution in [0.4, 0.5) is 0 Å². The minimum absolute atomic E-state index is 0. The maximum atomic E-state index is 7.50. The largest absolute Gasteiger partial charge is 0.0622 e. The third kappa shape index (κ3) is 26.6.